The lowest BCUT2D eigenvalue weighted by Crippen LogP contribution is -2.33. The van der Waals surface area contributed by atoms with Crippen LogP contribution in [0.3, 0.4) is 0 Å². The Bertz CT molecular complexity index is 1910. The van der Waals surface area contributed by atoms with E-state index in [1.54, 1.807) is 6.92 Å². The van der Waals surface area contributed by atoms with Gasteiger partial charge in [-0.3, -0.25) is 0 Å². The number of halogens is 1. The predicted octanol–water partition coefficient (Wildman–Crippen LogP) is 2.18. The Kier molecular flexibility index (Phi) is 3.78. The van der Waals surface area contributed by atoms with Crippen molar-refractivity contribution in [2.24, 2.45) is 0 Å². The second-order valence-corrected chi connectivity index (χ2v) is 8.57. The van der Waals surface area contributed by atoms with E-state index in [2.05, 4.69) is 25.6 Å². The summed E-state index contributed by atoms with van der Waals surface area (Å²) in [4.78, 5) is 8.36. The van der Waals surface area contributed by atoms with Gasteiger partial charge in [-0.1, -0.05) is 36.0 Å². The summed E-state index contributed by atoms with van der Waals surface area (Å²) in [5.41, 5.74) is -2.72. The highest BCUT2D eigenvalue weighted by atomic mass is 32.2. The zero-order chi connectivity index (χ0) is 38.9. The number of aliphatic hydroxyl groups is 3. The molecule has 0 aliphatic heterocycles. The van der Waals surface area contributed by atoms with E-state index >= 15 is 0 Å². The van der Waals surface area contributed by atoms with E-state index < -0.39 is 114 Å². The van der Waals surface area contributed by atoms with Crippen molar-refractivity contribution in [1.29, 1.82) is 0 Å². The first kappa shape index (κ1) is 12.9. The zero-order valence-corrected chi connectivity index (χ0v) is 19.7. The van der Waals surface area contributed by atoms with E-state index in [-0.39, 0.29) is 9.84 Å². The number of anilines is 1. The molecule has 36 heavy (non-hydrogen) atoms. The molecule has 2 aromatic heterocycles. The molecule has 1 aromatic carbocycles. The lowest BCUT2D eigenvalue weighted by atomic mass is 10.1. The van der Waals surface area contributed by atoms with Crippen LogP contribution in [0.15, 0.2) is 23.3 Å². The van der Waals surface area contributed by atoms with Gasteiger partial charge in [-0.05, 0) is 36.9 Å². The van der Waals surface area contributed by atoms with Gasteiger partial charge in [0.1, 0.15) is 18.0 Å². The number of aromatic nitrogens is 5. The molecule has 2 fully saturated rings. The van der Waals surface area contributed by atoms with E-state index in [1.165, 1.54) is 0 Å². The number of benzene rings is 1. The minimum Gasteiger partial charge on any atom is -0.394 e. The monoisotopic (exact) mass is 533 g/mol. The molecule has 0 radical (unpaired) electrons. The molecule has 0 saturated heterocycles. The van der Waals surface area contributed by atoms with Crippen LogP contribution in [0.4, 0.5) is 10.2 Å². The van der Waals surface area contributed by atoms with Gasteiger partial charge in [0.2, 0.25) is 0 Å². The summed E-state index contributed by atoms with van der Waals surface area (Å²) >= 11 is 0.917. The fourth-order valence-electron chi connectivity index (χ4n) is 3.16. The van der Waals surface area contributed by atoms with Gasteiger partial charge >= 0.3 is 0 Å². The zero-order valence-electron chi connectivity index (χ0n) is 33.9. The minimum absolute atomic E-state index is 0.114. The van der Waals surface area contributed by atoms with Crippen molar-refractivity contribution in [1.82, 2.24) is 25.0 Å². The molecular weight excluding hydrogens is 487 g/mol. The predicted molar refractivity (Wildman–Crippen MR) is 133 cm³/mol. The molecule has 4 N–H and O–H groups in total. The van der Waals surface area contributed by atoms with Crippen LogP contribution in [0, 0.1) is 12.7 Å². The third kappa shape index (κ3) is 4.92. The first-order valence-corrected chi connectivity index (χ1v) is 11.6. The molecule has 0 amide bonds. The molecule has 6 atom stereocenters. The highest BCUT2D eigenvalue weighted by Crippen LogP contribution is 2.44. The summed E-state index contributed by atoms with van der Waals surface area (Å²) in [6.45, 7) is -1.95. The number of nitrogens with zero attached hydrogens (tertiary/aromatic N) is 5. The number of rotatable bonds is 10. The van der Waals surface area contributed by atoms with Gasteiger partial charge in [0, 0.05) is 30.9 Å². The van der Waals surface area contributed by atoms with Crippen molar-refractivity contribution >= 4 is 28.7 Å². The van der Waals surface area contributed by atoms with Crippen LogP contribution >= 0.6 is 11.8 Å². The van der Waals surface area contributed by atoms with Gasteiger partial charge < -0.3 is 25.4 Å². The highest BCUT2D eigenvalue weighted by molar-refractivity contribution is 7.99. The quantitative estimate of drug-likeness (QED) is 0.227. The normalized spacial score (nSPS) is 49.1. The maximum absolute atomic E-state index is 14.9. The number of nitrogens with one attached hydrogen (secondary N) is 1. The number of hydrogen-bond acceptors (Lipinski definition) is 10. The summed E-state index contributed by atoms with van der Waals surface area (Å²) in [6, 6.07) is -9.44. The SMILES string of the molecule is [2H]c1c([2H])c([C@]2([2H])C([2H])([2H])[C@@]2([2H])Nc2nc(SCCC)nc3c2nnn3[C@]2([2H])C([2H])([2H])[C@]([2H])(OCC([2H])([2H])O)[C@@]([2H])(O)[C@@]2([2H])O)c([2H])c(F)c1C. The lowest BCUT2D eigenvalue weighted by Gasteiger charge is -2.17. The highest BCUT2D eigenvalue weighted by Gasteiger charge is 2.45. The van der Waals surface area contributed by atoms with Gasteiger partial charge in [-0.25, -0.2) is 19.0 Å². The molecule has 2 aliphatic carbocycles. The molecule has 2 aliphatic rings. The van der Waals surface area contributed by atoms with Crippen LogP contribution in [0.5, 0.6) is 0 Å². The third-order valence-electron chi connectivity index (χ3n) is 4.97. The fourth-order valence-corrected chi connectivity index (χ4v) is 3.86. The van der Waals surface area contributed by atoms with Gasteiger partial charge in [0.15, 0.2) is 22.1 Å². The Morgan fingerprint density at radius 2 is 2.19 bits per heavy atom. The summed E-state index contributed by atoms with van der Waals surface area (Å²) in [7, 11) is 0. The Balaban J connectivity index is 1.73. The number of fused-ring (bicyclic) bond motifs is 1. The molecule has 3 aromatic rings. The molecule has 194 valence electrons. The van der Waals surface area contributed by atoms with Gasteiger partial charge in [-0.15, -0.1) is 5.10 Å². The van der Waals surface area contributed by atoms with Crippen LogP contribution < -0.4 is 5.32 Å². The van der Waals surface area contributed by atoms with Gasteiger partial charge in [-0.2, -0.15) is 0 Å². The van der Waals surface area contributed by atoms with Crippen LogP contribution in [0.2, 0.25) is 0 Å². The van der Waals surface area contributed by atoms with E-state index in [4.69, 9.17) is 25.3 Å². The van der Waals surface area contributed by atoms with Crippen molar-refractivity contribution < 1.29 is 45.0 Å². The van der Waals surface area contributed by atoms with Crippen molar-refractivity contribution in [3.8, 4) is 0 Å². The first-order valence-electron chi connectivity index (χ1n) is 18.1. The van der Waals surface area contributed by atoms with E-state index in [9.17, 15) is 19.7 Å². The van der Waals surface area contributed by atoms with Crippen molar-refractivity contribution in [3.63, 3.8) is 0 Å². The first-order chi connectivity index (χ1) is 23.0. The summed E-state index contributed by atoms with van der Waals surface area (Å²) in [6.07, 6.45) is -18.6. The lowest BCUT2D eigenvalue weighted by molar-refractivity contribution is -0.0629. The third-order valence-corrected chi connectivity index (χ3v) is 6.03. The Labute approximate surface area is 233 Å². The molecule has 10 nitrogen and oxygen atoms in total. The average molecular weight is 534 g/mol. The van der Waals surface area contributed by atoms with Gasteiger partial charge in [0.25, 0.3) is 0 Å². The molecule has 2 heterocycles. The van der Waals surface area contributed by atoms with Crippen LogP contribution in [0.1, 0.15) is 69.7 Å². The molecule has 0 spiro atoms. The molecule has 0 bridgehead atoms. The number of thioether (sulfide) groups is 1. The Morgan fingerprint density at radius 1 is 1.36 bits per heavy atom. The molecule has 12 heteroatoms. The Morgan fingerprint density at radius 3 is 2.97 bits per heavy atom. The molecule has 0 unspecified atom stereocenters. The average Bonchev–Trinajstić information content (AvgIpc) is 3.30. The van der Waals surface area contributed by atoms with Crippen LogP contribution in [0.25, 0.3) is 11.2 Å². The van der Waals surface area contributed by atoms with Crippen LogP contribution in [-0.4, -0.2) is 83.5 Å². The molecular formula is C24H31FN6O4S. The van der Waals surface area contributed by atoms with E-state index in [0.717, 1.165) is 18.7 Å². The largest absolute Gasteiger partial charge is 0.394 e. The van der Waals surface area contributed by atoms with E-state index in [1.807, 2.05) is 0 Å². The standard InChI is InChI=1S/C24H31FN6O4S/c1-3-8-36-24-27-22(26-16-10-14(16)13-5-4-12(2)15(25)9-13)19-23(28-24)31(30-29-19)17-11-18(35-7-6-32)21(34)20(17)33/h4-5,9,14,16-18,20-21,32-34H,3,6-8,10-11H2,1-2H3,(H,26,27,28)/t14-,16+,17+,18-,20-,21+/m0/s1/i4D,5D,6D2,9D,10D2,11D2,14D,16D,17D,18D,20D,21D. The topological polar surface area (TPSA) is 138 Å². The molecule has 5 rings (SSSR count). The maximum Gasteiger partial charge on any atom is 0.191 e. The van der Waals surface area contributed by atoms with Crippen molar-refractivity contribution in [3.05, 3.63) is 35.1 Å². The van der Waals surface area contributed by atoms with Crippen molar-refractivity contribution in [2.75, 3.05) is 24.2 Å². The minimum atomic E-state index is -4.12. The Hall–Kier alpha value is -2.38. The maximum atomic E-state index is 14.9. The number of hydrogen-bond donors (Lipinski definition) is 4. The second-order valence-electron chi connectivity index (χ2n) is 7.51. The smallest absolute Gasteiger partial charge is 0.191 e. The summed E-state index contributed by atoms with van der Waals surface area (Å²) in [5.74, 6) is -4.57. The summed E-state index contributed by atoms with van der Waals surface area (Å²) in [5, 5.41) is 41.2. The van der Waals surface area contributed by atoms with Gasteiger partial charge in [0.05, 0.1) is 39.0 Å². The molecule has 2 saturated carbocycles. The van der Waals surface area contributed by atoms with Crippen molar-refractivity contribution in [2.45, 2.75) is 74.3 Å². The summed E-state index contributed by atoms with van der Waals surface area (Å²) < 4.78 is 146. The second kappa shape index (κ2) is 10.5. The number of ether oxygens (including phenoxy) is 1. The fraction of sp³-hybridized carbons (Fsp3) is 0.583. The van der Waals surface area contributed by atoms with E-state index in [0.29, 0.717) is 12.2 Å². The van der Waals surface area contributed by atoms with Crippen LogP contribution in [-0.2, 0) is 4.74 Å².